The quantitative estimate of drug-likeness (QED) is 0.804. The van der Waals surface area contributed by atoms with Crippen molar-refractivity contribution in [2.24, 2.45) is 0 Å². The molecule has 4 heteroatoms. The van der Waals surface area contributed by atoms with E-state index >= 15 is 0 Å². The summed E-state index contributed by atoms with van der Waals surface area (Å²) in [6.45, 7) is 6.81. The molecule has 0 atom stereocenters. The first-order chi connectivity index (χ1) is 7.79. The van der Waals surface area contributed by atoms with Crippen molar-refractivity contribution < 1.29 is 0 Å². The molecule has 0 spiro atoms. The first kappa shape index (κ1) is 11.0. The highest BCUT2D eigenvalue weighted by Gasteiger charge is 2.03. The Balaban J connectivity index is 1.87. The maximum atomic E-state index is 4.41. The fraction of sp³-hybridized carbons (Fsp3) is 0.417. The number of H-pyrrole nitrogens is 1. The second kappa shape index (κ2) is 4.99. The molecule has 2 N–H and O–H groups in total. The molecular formula is C12H18N4. The molecule has 86 valence electrons. The van der Waals surface area contributed by atoms with Crippen molar-refractivity contribution in [3.05, 3.63) is 41.5 Å². The van der Waals surface area contributed by atoms with Gasteiger partial charge in [-0.2, -0.15) is 5.10 Å². The third-order valence-electron chi connectivity index (χ3n) is 2.67. The summed E-state index contributed by atoms with van der Waals surface area (Å²) in [5.41, 5.74) is 3.59. The molecule has 0 aliphatic heterocycles. The van der Waals surface area contributed by atoms with Gasteiger partial charge in [0.1, 0.15) is 0 Å². The molecule has 0 aliphatic rings. The van der Waals surface area contributed by atoms with Crippen LogP contribution in [-0.4, -0.2) is 14.8 Å². The Morgan fingerprint density at radius 1 is 1.44 bits per heavy atom. The van der Waals surface area contributed by atoms with Gasteiger partial charge in [-0.25, -0.2) is 0 Å². The van der Waals surface area contributed by atoms with Crippen molar-refractivity contribution in [1.82, 2.24) is 20.1 Å². The standard InChI is InChI=1S/C12H18N4/c1-3-16-9-11(10(2)15-16)7-13-8-12-5-4-6-14-12/h4-6,9,13-14H,3,7-8H2,1-2H3. The Bertz CT molecular complexity index is 428. The highest BCUT2D eigenvalue weighted by Crippen LogP contribution is 2.05. The first-order valence-corrected chi connectivity index (χ1v) is 5.65. The lowest BCUT2D eigenvalue weighted by atomic mass is 10.2. The summed E-state index contributed by atoms with van der Waals surface area (Å²) in [5, 5.41) is 7.81. The van der Waals surface area contributed by atoms with Crippen LogP contribution in [0.2, 0.25) is 0 Å². The fourth-order valence-corrected chi connectivity index (χ4v) is 1.70. The lowest BCUT2D eigenvalue weighted by Gasteiger charge is -2.01. The van der Waals surface area contributed by atoms with Gasteiger partial charge in [0.2, 0.25) is 0 Å². The van der Waals surface area contributed by atoms with Crippen LogP contribution in [0.5, 0.6) is 0 Å². The van der Waals surface area contributed by atoms with Crippen LogP contribution >= 0.6 is 0 Å². The Morgan fingerprint density at radius 3 is 2.94 bits per heavy atom. The summed E-state index contributed by atoms with van der Waals surface area (Å²) < 4.78 is 1.97. The minimum atomic E-state index is 0.865. The normalized spacial score (nSPS) is 10.9. The molecule has 0 unspecified atom stereocenters. The second-order valence-corrected chi connectivity index (χ2v) is 3.89. The molecule has 0 fully saturated rings. The van der Waals surface area contributed by atoms with Crippen LogP contribution in [0.4, 0.5) is 0 Å². The molecule has 2 rings (SSSR count). The minimum Gasteiger partial charge on any atom is -0.364 e. The molecular weight excluding hydrogens is 200 g/mol. The summed E-state index contributed by atoms with van der Waals surface area (Å²) in [6.07, 6.45) is 4.05. The van der Waals surface area contributed by atoms with E-state index in [9.17, 15) is 0 Å². The predicted octanol–water partition coefficient (Wildman–Crippen LogP) is 1.83. The minimum absolute atomic E-state index is 0.865. The summed E-state index contributed by atoms with van der Waals surface area (Å²) >= 11 is 0. The Kier molecular flexibility index (Phi) is 3.41. The van der Waals surface area contributed by atoms with Crippen LogP contribution in [0.15, 0.2) is 24.5 Å². The van der Waals surface area contributed by atoms with Gasteiger partial charge in [0.25, 0.3) is 0 Å². The van der Waals surface area contributed by atoms with E-state index in [1.165, 1.54) is 11.3 Å². The third kappa shape index (κ3) is 2.52. The number of nitrogens with one attached hydrogen (secondary N) is 2. The van der Waals surface area contributed by atoms with E-state index in [-0.39, 0.29) is 0 Å². The first-order valence-electron chi connectivity index (χ1n) is 5.65. The average molecular weight is 218 g/mol. The van der Waals surface area contributed by atoms with Crippen molar-refractivity contribution in [2.75, 3.05) is 0 Å². The summed E-state index contributed by atoms with van der Waals surface area (Å²) in [6, 6.07) is 4.09. The van der Waals surface area contributed by atoms with Gasteiger partial charge in [-0.05, 0) is 26.0 Å². The number of aromatic amines is 1. The Labute approximate surface area is 95.7 Å². The molecule has 2 heterocycles. The number of rotatable bonds is 5. The van der Waals surface area contributed by atoms with Gasteiger partial charge in [-0.1, -0.05) is 0 Å². The van der Waals surface area contributed by atoms with Gasteiger partial charge in [0.15, 0.2) is 0 Å². The van der Waals surface area contributed by atoms with Crippen LogP contribution in [0.25, 0.3) is 0 Å². The van der Waals surface area contributed by atoms with E-state index in [2.05, 4.69) is 41.5 Å². The Morgan fingerprint density at radius 2 is 2.31 bits per heavy atom. The average Bonchev–Trinajstić information content (AvgIpc) is 2.89. The van der Waals surface area contributed by atoms with Crippen LogP contribution in [0.1, 0.15) is 23.9 Å². The largest absolute Gasteiger partial charge is 0.364 e. The predicted molar refractivity (Wildman–Crippen MR) is 64.0 cm³/mol. The van der Waals surface area contributed by atoms with Crippen molar-refractivity contribution in [3.63, 3.8) is 0 Å². The van der Waals surface area contributed by atoms with Gasteiger partial charge < -0.3 is 10.3 Å². The monoisotopic (exact) mass is 218 g/mol. The van der Waals surface area contributed by atoms with Crippen molar-refractivity contribution in [2.45, 2.75) is 33.5 Å². The maximum Gasteiger partial charge on any atom is 0.0638 e. The smallest absolute Gasteiger partial charge is 0.0638 e. The molecule has 0 amide bonds. The second-order valence-electron chi connectivity index (χ2n) is 3.89. The lowest BCUT2D eigenvalue weighted by Crippen LogP contribution is -2.13. The highest BCUT2D eigenvalue weighted by atomic mass is 15.3. The molecule has 0 radical (unpaired) electrons. The van der Waals surface area contributed by atoms with Crippen molar-refractivity contribution in [3.8, 4) is 0 Å². The molecule has 0 saturated heterocycles. The van der Waals surface area contributed by atoms with Crippen LogP contribution in [0.3, 0.4) is 0 Å². The Hall–Kier alpha value is -1.55. The topological polar surface area (TPSA) is 45.6 Å². The molecule has 2 aromatic heterocycles. The molecule has 0 saturated carbocycles. The van der Waals surface area contributed by atoms with Crippen molar-refractivity contribution >= 4 is 0 Å². The van der Waals surface area contributed by atoms with E-state index in [4.69, 9.17) is 0 Å². The molecule has 0 bridgehead atoms. The van der Waals surface area contributed by atoms with E-state index in [1.54, 1.807) is 0 Å². The zero-order valence-electron chi connectivity index (χ0n) is 9.83. The van der Waals surface area contributed by atoms with Gasteiger partial charge in [0.05, 0.1) is 5.69 Å². The summed E-state index contributed by atoms with van der Waals surface area (Å²) in [5.74, 6) is 0. The van der Waals surface area contributed by atoms with Crippen LogP contribution < -0.4 is 5.32 Å². The van der Waals surface area contributed by atoms with Crippen molar-refractivity contribution in [1.29, 1.82) is 0 Å². The molecule has 2 aromatic rings. The number of aromatic nitrogens is 3. The lowest BCUT2D eigenvalue weighted by molar-refractivity contribution is 0.651. The molecule has 16 heavy (non-hydrogen) atoms. The summed E-state index contributed by atoms with van der Waals surface area (Å²) in [4.78, 5) is 3.17. The molecule has 4 nitrogen and oxygen atoms in total. The summed E-state index contributed by atoms with van der Waals surface area (Å²) in [7, 11) is 0. The highest BCUT2D eigenvalue weighted by molar-refractivity contribution is 5.15. The van der Waals surface area contributed by atoms with Crippen LogP contribution in [-0.2, 0) is 19.6 Å². The van der Waals surface area contributed by atoms with Crippen LogP contribution in [0, 0.1) is 6.92 Å². The SMILES string of the molecule is CCn1cc(CNCc2ccc[nH]2)c(C)n1. The van der Waals surface area contributed by atoms with E-state index in [1.807, 2.05) is 16.9 Å². The number of nitrogens with zero attached hydrogens (tertiary/aromatic N) is 2. The molecule has 0 aromatic carbocycles. The number of hydrogen-bond acceptors (Lipinski definition) is 2. The van der Waals surface area contributed by atoms with E-state index < -0.39 is 0 Å². The van der Waals surface area contributed by atoms with Gasteiger partial charge >= 0.3 is 0 Å². The maximum absolute atomic E-state index is 4.41. The number of hydrogen-bond donors (Lipinski definition) is 2. The van der Waals surface area contributed by atoms with E-state index in [0.717, 1.165) is 25.3 Å². The third-order valence-corrected chi connectivity index (χ3v) is 2.67. The van der Waals surface area contributed by atoms with Gasteiger partial charge in [0, 0.05) is 43.3 Å². The van der Waals surface area contributed by atoms with Gasteiger partial charge in [-0.15, -0.1) is 0 Å². The fourth-order valence-electron chi connectivity index (χ4n) is 1.70. The zero-order valence-corrected chi connectivity index (χ0v) is 9.83. The number of aryl methyl sites for hydroxylation is 2. The molecule has 0 aliphatic carbocycles. The van der Waals surface area contributed by atoms with E-state index in [0.29, 0.717) is 0 Å². The zero-order chi connectivity index (χ0) is 11.4. The van der Waals surface area contributed by atoms with Gasteiger partial charge in [-0.3, -0.25) is 4.68 Å².